The van der Waals surface area contributed by atoms with Gasteiger partial charge in [-0.1, -0.05) is 42.0 Å². The van der Waals surface area contributed by atoms with Gasteiger partial charge in [-0.05, 0) is 40.0 Å². The molecule has 86 valence electrons. The quantitative estimate of drug-likeness (QED) is 0.903. The Labute approximate surface area is 108 Å². The Hall–Kier alpha value is -1.61. The third kappa shape index (κ3) is 2.39. The molecule has 17 heavy (non-hydrogen) atoms. The van der Waals surface area contributed by atoms with Gasteiger partial charge in [0.2, 0.25) is 0 Å². The normalized spacial score (nSPS) is 10.2. The van der Waals surface area contributed by atoms with E-state index in [0.29, 0.717) is 4.47 Å². The molecule has 2 rings (SSSR count). The average molecular weight is 291 g/mol. The zero-order chi connectivity index (χ0) is 12.4. The van der Waals surface area contributed by atoms with E-state index in [-0.39, 0.29) is 5.56 Å². The Bertz CT molecular complexity index is 576. The summed E-state index contributed by atoms with van der Waals surface area (Å²) in [4.78, 5) is 11.0. The van der Waals surface area contributed by atoms with Crippen molar-refractivity contribution >= 4 is 21.9 Å². The lowest BCUT2D eigenvalue weighted by Gasteiger charge is -2.08. The van der Waals surface area contributed by atoms with Crippen LogP contribution in [0.15, 0.2) is 46.9 Å². The molecule has 2 nitrogen and oxygen atoms in total. The van der Waals surface area contributed by atoms with Gasteiger partial charge in [-0.15, -0.1) is 0 Å². The van der Waals surface area contributed by atoms with Crippen LogP contribution in [0, 0.1) is 6.92 Å². The number of aryl methyl sites for hydroxylation is 1. The lowest BCUT2D eigenvalue weighted by atomic mass is 10.0. The van der Waals surface area contributed by atoms with Crippen molar-refractivity contribution < 1.29 is 9.90 Å². The van der Waals surface area contributed by atoms with Crippen LogP contribution in [0.5, 0.6) is 0 Å². The van der Waals surface area contributed by atoms with Crippen molar-refractivity contribution in [3.63, 3.8) is 0 Å². The fraction of sp³-hybridized carbons (Fsp3) is 0.0714. The van der Waals surface area contributed by atoms with Crippen LogP contribution in [0.3, 0.4) is 0 Å². The Morgan fingerprint density at radius 1 is 1.18 bits per heavy atom. The smallest absolute Gasteiger partial charge is 0.336 e. The molecule has 0 amide bonds. The summed E-state index contributed by atoms with van der Waals surface area (Å²) in [6, 6.07) is 13.2. The first-order valence-corrected chi connectivity index (χ1v) is 5.98. The number of carboxylic acids is 1. The van der Waals surface area contributed by atoms with Gasteiger partial charge in [0, 0.05) is 4.47 Å². The zero-order valence-electron chi connectivity index (χ0n) is 9.27. The largest absolute Gasteiger partial charge is 0.478 e. The number of carboxylic acid groups (broad SMARTS) is 1. The van der Waals surface area contributed by atoms with Crippen molar-refractivity contribution in [2.75, 3.05) is 0 Å². The maximum absolute atomic E-state index is 11.0. The van der Waals surface area contributed by atoms with E-state index in [1.807, 2.05) is 37.3 Å². The standard InChI is InChI=1S/C14H11BrO2/c1-9-4-2-5-10(8-9)11-6-3-7-12(13(11)15)14(16)17/h2-8H,1H3,(H,16,17). The lowest BCUT2D eigenvalue weighted by molar-refractivity contribution is 0.0696. The Morgan fingerprint density at radius 2 is 1.88 bits per heavy atom. The fourth-order valence-electron chi connectivity index (χ4n) is 1.73. The number of hydrogen-bond acceptors (Lipinski definition) is 1. The average Bonchev–Trinajstić information content (AvgIpc) is 2.29. The van der Waals surface area contributed by atoms with E-state index in [0.717, 1.165) is 16.7 Å². The molecule has 0 aliphatic heterocycles. The van der Waals surface area contributed by atoms with E-state index >= 15 is 0 Å². The van der Waals surface area contributed by atoms with Crippen molar-refractivity contribution in [2.24, 2.45) is 0 Å². The number of carbonyl (C=O) groups is 1. The van der Waals surface area contributed by atoms with Crippen molar-refractivity contribution in [1.29, 1.82) is 0 Å². The molecule has 0 radical (unpaired) electrons. The van der Waals surface area contributed by atoms with E-state index < -0.39 is 5.97 Å². The molecule has 1 N–H and O–H groups in total. The molecule has 0 saturated carbocycles. The molecule has 0 bridgehead atoms. The summed E-state index contributed by atoms with van der Waals surface area (Å²) in [5, 5.41) is 9.06. The summed E-state index contributed by atoms with van der Waals surface area (Å²) in [6.07, 6.45) is 0. The molecule has 0 atom stereocenters. The third-order valence-electron chi connectivity index (χ3n) is 2.56. The summed E-state index contributed by atoms with van der Waals surface area (Å²) < 4.78 is 0.623. The van der Waals surface area contributed by atoms with E-state index in [1.165, 1.54) is 0 Å². The number of benzene rings is 2. The van der Waals surface area contributed by atoms with Gasteiger partial charge in [-0.25, -0.2) is 4.79 Å². The first kappa shape index (κ1) is 11.9. The van der Waals surface area contributed by atoms with Crippen molar-refractivity contribution in [3.05, 3.63) is 58.1 Å². The van der Waals surface area contributed by atoms with Gasteiger partial charge in [-0.3, -0.25) is 0 Å². The number of rotatable bonds is 2. The molecule has 0 saturated heterocycles. The van der Waals surface area contributed by atoms with E-state index in [4.69, 9.17) is 5.11 Å². The van der Waals surface area contributed by atoms with Gasteiger partial charge < -0.3 is 5.11 Å². The highest BCUT2D eigenvalue weighted by Crippen LogP contribution is 2.31. The predicted octanol–water partition coefficient (Wildman–Crippen LogP) is 4.12. The van der Waals surface area contributed by atoms with E-state index in [2.05, 4.69) is 15.9 Å². The summed E-state index contributed by atoms with van der Waals surface area (Å²) >= 11 is 3.36. The fourth-order valence-corrected chi connectivity index (χ4v) is 2.40. The second-order valence-electron chi connectivity index (χ2n) is 3.84. The Balaban J connectivity index is 2.60. The van der Waals surface area contributed by atoms with Crippen LogP contribution in [-0.2, 0) is 0 Å². The van der Waals surface area contributed by atoms with Gasteiger partial charge in [0.25, 0.3) is 0 Å². The van der Waals surface area contributed by atoms with Crippen molar-refractivity contribution in [2.45, 2.75) is 6.92 Å². The highest BCUT2D eigenvalue weighted by atomic mass is 79.9. The lowest BCUT2D eigenvalue weighted by Crippen LogP contribution is -1.98. The zero-order valence-corrected chi connectivity index (χ0v) is 10.9. The SMILES string of the molecule is Cc1cccc(-c2cccc(C(=O)O)c2Br)c1. The first-order valence-electron chi connectivity index (χ1n) is 5.18. The number of aromatic carboxylic acids is 1. The highest BCUT2D eigenvalue weighted by Gasteiger charge is 2.12. The Kier molecular flexibility index (Phi) is 3.29. The predicted molar refractivity (Wildman–Crippen MR) is 71.3 cm³/mol. The highest BCUT2D eigenvalue weighted by molar-refractivity contribution is 9.10. The number of hydrogen-bond donors (Lipinski definition) is 1. The maximum Gasteiger partial charge on any atom is 0.336 e. The molecular formula is C14H11BrO2. The molecule has 3 heteroatoms. The molecular weight excluding hydrogens is 280 g/mol. The number of halogens is 1. The van der Waals surface area contributed by atoms with Crippen LogP contribution in [0.2, 0.25) is 0 Å². The molecule has 0 aromatic heterocycles. The van der Waals surface area contributed by atoms with Gasteiger partial charge in [0.05, 0.1) is 5.56 Å². The monoisotopic (exact) mass is 290 g/mol. The minimum Gasteiger partial charge on any atom is -0.478 e. The molecule has 2 aromatic rings. The minimum atomic E-state index is -0.925. The minimum absolute atomic E-state index is 0.281. The van der Waals surface area contributed by atoms with Crippen LogP contribution in [0.4, 0.5) is 0 Å². The second-order valence-corrected chi connectivity index (χ2v) is 4.63. The van der Waals surface area contributed by atoms with Crippen LogP contribution in [0.25, 0.3) is 11.1 Å². The molecule has 0 aliphatic carbocycles. The summed E-state index contributed by atoms with van der Waals surface area (Å²) in [5.41, 5.74) is 3.34. The molecule has 0 fully saturated rings. The Morgan fingerprint density at radius 3 is 2.53 bits per heavy atom. The summed E-state index contributed by atoms with van der Waals surface area (Å²) in [6.45, 7) is 2.01. The van der Waals surface area contributed by atoms with E-state index in [9.17, 15) is 4.79 Å². The first-order chi connectivity index (χ1) is 8.09. The van der Waals surface area contributed by atoms with E-state index in [1.54, 1.807) is 12.1 Å². The van der Waals surface area contributed by atoms with Crippen molar-refractivity contribution in [3.8, 4) is 11.1 Å². The molecule has 0 aliphatic rings. The molecule has 0 unspecified atom stereocenters. The second kappa shape index (κ2) is 4.72. The molecule has 0 spiro atoms. The van der Waals surface area contributed by atoms with Gasteiger partial charge >= 0.3 is 5.97 Å². The van der Waals surface area contributed by atoms with Gasteiger partial charge in [0.15, 0.2) is 0 Å². The maximum atomic E-state index is 11.0. The van der Waals surface area contributed by atoms with Crippen LogP contribution >= 0.6 is 15.9 Å². The van der Waals surface area contributed by atoms with Crippen LogP contribution in [-0.4, -0.2) is 11.1 Å². The van der Waals surface area contributed by atoms with Gasteiger partial charge in [-0.2, -0.15) is 0 Å². The van der Waals surface area contributed by atoms with Crippen LogP contribution < -0.4 is 0 Å². The third-order valence-corrected chi connectivity index (χ3v) is 3.41. The van der Waals surface area contributed by atoms with Crippen molar-refractivity contribution in [1.82, 2.24) is 0 Å². The topological polar surface area (TPSA) is 37.3 Å². The molecule has 2 aromatic carbocycles. The van der Waals surface area contributed by atoms with Gasteiger partial charge in [0.1, 0.15) is 0 Å². The summed E-state index contributed by atoms with van der Waals surface area (Å²) in [7, 11) is 0. The van der Waals surface area contributed by atoms with Crippen LogP contribution in [0.1, 0.15) is 15.9 Å². The molecule has 0 heterocycles. The summed E-state index contributed by atoms with van der Waals surface area (Å²) in [5.74, 6) is -0.925.